The van der Waals surface area contributed by atoms with Gasteiger partial charge in [0, 0.05) is 0 Å². The quantitative estimate of drug-likeness (QED) is 0.501. The molecule has 0 radical (unpaired) electrons. The van der Waals surface area contributed by atoms with Gasteiger partial charge in [-0.3, -0.25) is 4.79 Å². The van der Waals surface area contributed by atoms with Gasteiger partial charge in [0.1, 0.15) is 17.5 Å². The van der Waals surface area contributed by atoms with Crippen molar-refractivity contribution in [3.8, 4) is 17.2 Å². The van der Waals surface area contributed by atoms with Crippen LogP contribution in [0.1, 0.15) is 5.56 Å². The molecule has 0 saturated carbocycles. The Morgan fingerprint density at radius 2 is 1.70 bits per heavy atom. The SMILES string of the molecule is N[C@@H](Cc1cc(I)c(Oc2ccc(O)cc2)c(I)c1)C(=O)O.O. The van der Waals surface area contributed by atoms with Crippen LogP contribution in [0, 0.1) is 7.14 Å². The molecule has 0 aliphatic heterocycles. The zero-order chi connectivity index (χ0) is 16.3. The minimum Gasteiger partial charge on any atom is -0.508 e. The molecule has 6 N–H and O–H groups in total. The van der Waals surface area contributed by atoms with Crippen LogP contribution in [0.3, 0.4) is 0 Å². The third-order valence-corrected chi connectivity index (χ3v) is 4.49. The number of ether oxygens (including phenoxy) is 1. The van der Waals surface area contributed by atoms with Crippen LogP contribution < -0.4 is 10.5 Å². The topological polar surface area (TPSA) is 124 Å². The van der Waals surface area contributed by atoms with E-state index in [-0.39, 0.29) is 17.6 Å². The predicted molar refractivity (Wildman–Crippen MR) is 103 cm³/mol. The summed E-state index contributed by atoms with van der Waals surface area (Å²) in [5.41, 5.74) is 6.41. The lowest BCUT2D eigenvalue weighted by molar-refractivity contribution is -0.138. The number of phenols is 1. The van der Waals surface area contributed by atoms with E-state index in [9.17, 15) is 9.90 Å². The first kappa shape index (κ1) is 19.9. The second-order valence-corrected chi connectivity index (χ2v) is 6.96. The summed E-state index contributed by atoms with van der Waals surface area (Å²) in [6.07, 6.45) is 0.265. The highest BCUT2D eigenvalue weighted by Gasteiger charge is 2.15. The van der Waals surface area contributed by atoms with Crippen LogP contribution in [-0.4, -0.2) is 27.7 Å². The maximum Gasteiger partial charge on any atom is 0.320 e. The number of hydrogen-bond donors (Lipinski definition) is 3. The van der Waals surface area contributed by atoms with Crippen molar-refractivity contribution in [3.63, 3.8) is 0 Å². The molecule has 0 unspecified atom stereocenters. The first-order chi connectivity index (χ1) is 10.4. The van der Waals surface area contributed by atoms with Crippen molar-refractivity contribution >= 4 is 51.2 Å². The van der Waals surface area contributed by atoms with Crippen molar-refractivity contribution in [1.82, 2.24) is 0 Å². The van der Waals surface area contributed by atoms with Crippen LogP contribution in [0.25, 0.3) is 0 Å². The maximum atomic E-state index is 10.8. The summed E-state index contributed by atoms with van der Waals surface area (Å²) in [5, 5.41) is 18.2. The molecule has 0 heterocycles. The number of halogens is 2. The van der Waals surface area contributed by atoms with E-state index in [0.717, 1.165) is 12.7 Å². The number of aromatic hydroxyl groups is 1. The number of rotatable bonds is 5. The zero-order valence-corrected chi connectivity index (χ0v) is 16.1. The number of nitrogens with two attached hydrogens (primary N) is 1. The van der Waals surface area contributed by atoms with Gasteiger partial charge in [0.05, 0.1) is 7.14 Å². The maximum absolute atomic E-state index is 10.8. The summed E-state index contributed by atoms with van der Waals surface area (Å²) >= 11 is 4.28. The van der Waals surface area contributed by atoms with E-state index >= 15 is 0 Å². The highest BCUT2D eigenvalue weighted by atomic mass is 127. The molecule has 0 amide bonds. The fourth-order valence-corrected chi connectivity index (χ4v) is 3.92. The van der Waals surface area contributed by atoms with Gasteiger partial charge in [0.15, 0.2) is 5.75 Å². The highest BCUT2D eigenvalue weighted by Crippen LogP contribution is 2.33. The Morgan fingerprint density at radius 3 is 2.17 bits per heavy atom. The fourth-order valence-electron chi connectivity index (χ4n) is 1.80. The normalized spacial score (nSPS) is 11.4. The minimum atomic E-state index is -1.02. The van der Waals surface area contributed by atoms with Gasteiger partial charge in [0.25, 0.3) is 0 Å². The van der Waals surface area contributed by atoms with E-state index in [0.29, 0.717) is 11.5 Å². The first-order valence-electron chi connectivity index (χ1n) is 6.30. The van der Waals surface area contributed by atoms with Gasteiger partial charge in [-0.2, -0.15) is 0 Å². The molecule has 0 saturated heterocycles. The van der Waals surface area contributed by atoms with Gasteiger partial charge in [0.2, 0.25) is 0 Å². The summed E-state index contributed by atoms with van der Waals surface area (Å²) in [6, 6.07) is 9.26. The molecule has 2 aromatic rings. The molecule has 23 heavy (non-hydrogen) atoms. The molecule has 0 aromatic heterocycles. The molecule has 2 aromatic carbocycles. The first-order valence-corrected chi connectivity index (χ1v) is 8.45. The van der Waals surface area contributed by atoms with Crippen molar-refractivity contribution in [2.24, 2.45) is 5.73 Å². The Labute approximate surface area is 160 Å². The van der Waals surface area contributed by atoms with E-state index in [4.69, 9.17) is 15.6 Å². The Kier molecular flexibility index (Phi) is 7.51. The largest absolute Gasteiger partial charge is 0.508 e. The van der Waals surface area contributed by atoms with E-state index in [1.165, 1.54) is 0 Å². The zero-order valence-electron chi connectivity index (χ0n) is 11.8. The fraction of sp³-hybridized carbons (Fsp3) is 0.133. The molecule has 2 rings (SSSR count). The lowest BCUT2D eigenvalue weighted by Crippen LogP contribution is -2.32. The monoisotopic (exact) mass is 543 g/mol. The lowest BCUT2D eigenvalue weighted by Gasteiger charge is -2.13. The van der Waals surface area contributed by atoms with Gasteiger partial charge in [-0.1, -0.05) is 0 Å². The summed E-state index contributed by atoms with van der Waals surface area (Å²) in [7, 11) is 0. The Balaban J connectivity index is 0.00000264. The van der Waals surface area contributed by atoms with Crippen molar-refractivity contribution in [2.45, 2.75) is 12.5 Å². The van der Waals surface area contributed by atoms with Gasteiger partial charge >= 0.3 is 5.97 Å². The summed E-state index contributed by atoms with van der Waals surface area (Å²) in [6.45, 7) is 0. The van der Waals surface area contributed by atoms with Crippen molar-refractivity contribution < 1.29 is 25.2 Å². The second-order valence-electron chi connectivity index (χ2n) is 4.63. The molecule has 124 valence electrons. The molecular weight excluding hydrogens is 528 g/mol. The molecule has 0 aliphatic carbocycles. The van der Waals surface area contributed by atoms with Crippen LogP contribution in [0.2, 0.25) is 0 Å². The highest BCUT2D eigenvalue weighted by molar-refractivity contribution is 14.1. The molecular formula is C15H15I2NO5. The average Bonchev–Trinajstić information content (AvgIpc) is 2.44. The molecule has 6 nitrogen and oxygen atoms in total. The van der Waals surface area contributed by atoms with Crippen LogP contribution in [-0.2, 0) is 11.2 Å². The second kappa shape index (κ2) is 8.66. The summed E-state index contributed by atoms with van der Waals surface area (Å²) < 4.78 is 7.56. The Morgan fingerprint density at radius 1 is 1.17 bits per heavy atom. The Hall–Kier alpha value is -1.11. The molecule has 0 aliphatic rings. The van der Waals surface area contributed by atoms with Gasteiger partial charge in [-0.15, -0.1) is 0 Å². The number of hydrogen-bond acceptors (Lipinski definition) is 4. The van der Waals surface area contributed by atoms with Crippen LogP contribution in [0.15, 0.2) is 36.4 Å². The van der Waals surface area contributed by atoms with E-state index in [1.807, 2.05) is 12.1 Å². The molecule has 0 spiro atoms. The van der Waals surface area contributed by atoms with Crippen LogP contribution >= 0.6 is 45.2 Å². The molecule has 0 bridgehead atoms. The number of carboxylic acid groups (broad SMARTS) is 1. The van der Waals surface area contributed by atoms with Crippen molar-refractivity contribution in [1.29, 1.82) is 0 Å². The van der Waals surface area contributed by atoms with Gasteiger partial charge in [-0.05, 0) is 93.6 Å². The van der Waals surface area contributed by atoms with E-state index in [1.54, 1.807) is 24.3 Å². The predicted octanol–water partition coefficient (Wildman–Crippen LogP) is 2.52. The molecule has 0 fully saturated rings. The van der Waals surface area contributed by atoms with Crippen LogP contribution in [0.4, 0.5) is 0 Å². The van der Waals surface area contributed by atoms with Crippen LogP contribution in [0.5, 0.6) is 17.2 Å². The smallest absolute Gasteiger partial charge is 0.320 e. The molecule has 8 heteroatoms. The minimum absolute atomic E-state index is 0. The van der Waals surface area contributed by atoms with Crippen molar-refractivity contribution in [3.05, 3.63) is 49.1 Å². The number of carbonyl (C=O) groups is 1. The number of phenolic OH excluding ortho intramolecular Hbond substituents is 1. The lowest BCUT2D eigenvalue weighted by atomic mass is 10.1. The van der Waals surface area contributed by atoms with E-state index < -0.39 is 12.0 Å². The van der Waals surface area contributed by atoms with Gasteiger partial charge < -0.3 is 26.2 Å². The third-order valence-electron chi connectivity index (χ3n) is 2.89. The summed E-state index contributed by atoms with van der Waals surface area (Å²) in [5.74, 6) is 0.465. The number of aliphatic carboxylic acids is 1. The number of carboxylic acids is 1. The third kappa shape index (κ3) is 5.48. The standard InChI is InChI=1S/C15H13I2NO4.H2O/c16-11-5-8(7-13(18)15(20)21)6-12(17)14(11)22-10-3-1-9(19)2-4-10;/h1-6,13,19H,7,18H2,(H,20,21);1H2/t13-;/m0./s1. The van der Waals surface area contributed by atoms with Gasteiger partial charge in [-0.25, -0.2) is 0 Å². The Bertz CT molecular complexity index is 668. The summed E-state index contributed by atoms with van der Waals surface area (Å²) in [4.78, 5) is 10.8. The molecule has 1 atom stereocenters. The average molecular weight is 543 g/mol. The van der Waals surface area contributed by atoms with E-state index in [2.05, 4.69) is 45.2 Å². The van der Waals surface area contributed by atoms with Crippen molar-refractivity contribution in [2.75, 3.05) is 0 Å². The number of benzene rings is 2.